The van der Waals surface area contributed by atoms with Crippen molar-refractivity contribution in [3.05, 3.63) is 0 Å². The second kappa shape index (κ2) is 5.48. The highest BCUT2D eigenvalue weighted by Gasteiger charge is 2.42. The normalized spacial score (nSPS) is 39.5. The molecule has 104 valence electrons. The van der Waals surface area contributed by atoms with Gasteiger partial charge in [0.1, 0.15) is 0 Å². The first-order valence-electron chi connectivity index (χ1n) is 7.79. The number of piperidine rings is 1. The quantitative estimate of drug-likeness (QED) is 0.838. The van der Waals surface area contributed by atoms with Gasteiger partial charge in [-0.25, -0.2) is 0 Å². The number of nitrogens with one attached hydrogen (secondary N) is 1. The molecule has 1 spiro atoms. The zero-order valence-corrected chi connectivity index (χ0v) is 11.6. The van der Waals surface area contributed by atoms with Gasteiger partial charge in [0.25, 0.3) is 0 Å². The molecule has 3 aliphatic rings. The van der Waals surface area contributed by atoms with Crippen molar-refractivity contribution in [2.24, 2.45) is 0 Å². The molecule has 2 aliphatic heterocycles. The Balaban J connectivity index is 1.39. The summed E-state index contributed by atoms with van der Waals surface area (Å²) in [5.74, 6) is 0. The molecular weight excluding hydrogens is 226 g/mol. The first-order chi connectivity index (χ1) is 8.76. The molecule has 2 saturated heterocycles. The van der Waals surface area contributed by atoms with Gasteiger partial charge in [-0.15, -0.1) is 0 Å². The van der Waals surface area contributed by atoms with Gasteiger partial charge in [0, 0.05) is 12.6 Å². The molecule has 3 rings (SSSR count). The summed E-state index contributed by atoms with van der Waals surface area (Å²) >= 11 is 0. The zero-order chi connectivity index (χ0) is 12.4. The number of hydrogen-bond donors (Lipinski definition) is 1. The van der Waals surface area contributed by atoms with Crippen LogP contribution in [0.25, 0.3) is 0 Å². The van der Waals surface area contributed by atoms with E-state index < -0.39 is 0 Å². The molecule has 1 N–H and O–H groups in total. The summed E-state index contributed by atoms with van der Waals surface area (Å²) < 4.78 is 12.3. The fraction of sp³-hybridized carbons (Fsp3) is 1.00. The summed E-state index contributed by atoms with van der Waals surface area (Å²) in [6.45, 7) is 4.07. The van der Waals surface area contributed by atoms with Gasteiger partial charge in [0.05, 0.1) is 24.4 Å². The van der Waals surface area contributed by atoms with Crippen LogP contribution >= 0.6 is 0 Å². The number of rotatable bonds is 3. The van der Waals surface area contributed by atoms with Crippen LogP contribution in [0.3, 0.4) is 0 Å². The second-order valence-corrected chi connectivity index (χ2v) is 6.51. The lowest BCUT2D eigenvalue weighted by Crippen LogP contribution is -2.42. The minimum absolute atomic E-state index is 0.257. The standard InChI is InChI=1S/C15H27NO2/c1-12-4-5-13(10-16-12)17-11-14-6-9-15(18-14)7-2-3-8-15/h12-14,16H,2-11H2,1H3. The summed E-state index contributed by atoms with van der Waals surface area (Å²) in [5, 5.41) is 3.49. The maximum absolute atomic E-state index is 6.28. The van der Waals surface area contributed by atoms with E-state index in [9.17, 15) is 0 Å². The van der Waals surface area contributed by atoms with E-state index in [4.69, 9.17) is 9.47 Å². The fourth-order valence-electron chi connectivity index (χ4n) is 3.76. The Kier molecular flexibility index (Phi) is 3.92. The van der Waals surface area contributed by atoms with Crippen LogP contribution in [-0.2, 0) is 9.47 Å². The average molecular weight is 253 g/mol. The summed E-state index contributed by atoms with van der Waals surface area (Å²) in [4.78, 5) is 0. The highest BCUT2D eigenvalue weighted by atomic mass is 16.6. The lowest BCUT2D eigenvalue weighted by atomic mass is 9.98. The number of ether oxygens (including phenoxy) is 2. The van der Waals surface area contributed by atoms with E-state index in [2.05, 4.69) is 12.2 Å². The van der Waals surface area contributed by atoms with Crippen LogP contribution in [0.4, 0.5) is 0 Å². The van der Waals surface area contributed by atoms with E-state index in [0.29, 0.717) is 18.2 Å². The summed E-state index contributed by atoms with van der Waals surface area (Å²) in [6.07, 6.45) is 11.0. The highest BCUT2D eigenvalue weighted by molar-refractivity contribution is 4.92. The number of hydrogen-bond acceptors (Lipinski definition) is 3. The monoisotopic (exact) mass is 253 g/mol. The molecule has 3 atom stereocenters. The maximum Gasteiger partial charge on any atom is 0.0817 e. The second-order valence-electron chi connectivity index (χ2n) is 6.51. The molecule has 0 aromatic rings. The minimum Gasteiger partial charge on any atom is -0.374 e. The topological polar surface area (TPSA) is 30.5 Å². The van der Waals surface area contributed by atoms with Crippen LogP contribution < -0.4 is 5.32 Å². The van der Waals surface area contributed by atoms with E-state index in [1.165, 1.54) is 51.4 Å². The lowest BCUT2D eigenvalue weighted by Gasteiger charge is -2.29. The molecule has 3 nitrogen and oxygen atoms in total. The van der Waals surface area contributed by atoms with Crippen molar-refractivity contribution < 1.29 is 9.47 Å². The van der Waals surface area contributed by atoms with Gasteiger partial charge in [-0.1, -0.05) is 12.8 Å². The Bertz CT molecular complexity index is 268. The molecule has 0 aromatic heterocycles. The SMILES string of the molecule is CC1CCC(OCC2CCC3(CCCC3)O2)CN1. The summed E-state index contributed by atoms with van der Waals surface area (Å²) in [5.41, 5.74) is 0.257. The van der Waals surface area contributed by atoms with Crippen molar-refractivity contribution in [2.75, 3.05) is 13.2 Å². The van der Waals surface area contributed by atoms with Gasteiger partial charge in [0.15, 0.2) is 0 Å². The average Bonchev–Trinajstić information content (AvgIpc) is 3.00. The molecule has 1 aliphatic carbocycles. The molecule has 2 heterocycles. The lowest BCUT2D eigenvalue weighted by molar-refractivity contribution is -0.0852. The van der Waals surface area contributed by atoms with Crippen LogP contribution in [0, 0.1) is 0 Å². The summed E-state index contributed by atoms with van der Waals surface area (Å²) in [7, 11) is 0. The van der Waals surface area contributed by atoms with Crippen molar-refractivity contribution in [3.63, 3.8) is 0 Å². The Labute approximate surface area is 111 Å². The predicted octanol–water partition coefficient (Wildman–Crippen LogP) is 2.64. The van der Waals surface area contributed by atoms with Crippen LogP contribution in [0.1, 0.15) is 58.3 Å². The first-order valence-corrected chi connectivity index (χ1v) is 7.79. The van der Waals surface area contributed by atoms with Gasteiger partial charge in [-0.3, -0.25) is 0 Å². The molecule has 0 radical (unpaired) electrons. The molecule has 0 bridgehead atoms. The molecule has 0 amide bonds. The van der Waals surface area contributed by atoms with Crippen LogP contribution in [0.15, 0.2) is 0 Å². The van der Waals surface area contributed by atoms with Crippen molar-refractivity contribution >= 4 is 0 Å². The van der Waals surface area contributed by atoms with Crippen molar-refractivity contribution in [2.45, 2.75) is 82.1 Å². The molecule has 0 aromatic carbocycles. The molecule has 18 heavy (non-hydrogen) atoms. The van der Waals surface area contributed by atoms with Gasteiger partial charge in [-0.05, 0) is 45.4 Å². The minimum atomic E-state index is 0.257. The Morgan fingerprint density at radius 3 is 2.72 bits per heavy atom. The van der Waals surface area contributed by atoms with E-state index in [-0.39, 0.29) is 5.60 Å². The Morgan fingerprint density at radius 2 is 2.00 bits per heavy atom. The third-order valence-corrected chi connectivity index (χ3v) is 4.99. The highest BCUT2D eigenvalue weighted by Crippen LogP contribution is 2.43. The Morgan fingerprint density at radius 1 is 1.17 bits per heavy atom. The van der Waals surface area contributed by atoms with E-state index >= 15 is 0 Å². The molecule has 3 heteroatoms. The maximum atomic E-state index is 6.28. The predicted molar refractivity (Wildman–Crippen MR) is 71.7 cm³/mol. The van der Waals surface area contributed by atoms with E-state index in [1.54, 1.807) is 0 Å². The molecule has 3 fully saturated rings. The molecule has 3 unspecified atom stereocenters. The fourth-order valence-corrected chi connectivity index (χ4v) is 3.76. The van der Waals surface area contributed by atoms with Gasteiger partial charge in [-0.2, -0.15) is 0 Å². The van der Waals surface area contributed by atoms with Gasteiger partial charge >= 0.3 is 0 Å². The third kappa shape index (κ3) is 2.89. The third-order valence-electron chi connectivity index (χ3n) is 4.99. The first kappa shape index (κ1) is 12.9. The van der Waals surface area contributed by atoms with Crippen molar-refractivity contribution in [3.8, 4) is 0 Å². The molecule has 1 saturated carbocycles. The van der Waals surface area contributed by atoms with Gasteiger partial charge in [0.2, 0.25) is 0 Å². The van der Waals surface area contributed by atoms with Crippen LogP contribution in [0.5, 0.6) is 0 Å². The van der Waals surface area contributed by atoms with Gasteiger partial charge < -0.3 is 14.8 Å². The van der Waals surface area contributed by atoms with Crippen LogP contribution in [0.2, 0.25) is 0 Å². The molecular formula is C15H27NO2. The van der Waals surface area contributed by atoms with E-state index in [0.717, 1.165) is 13.2 Å². The van der Waals surface area contributed by atoms with E-state index in [1.807, 2.05) is 0 Å². The van der Waals surface area contributed by atoms with Crippen molar-refractivity contribution in [1.82, 2.24) is 5.32 Å². The summed E-state index contributed by atoms with van der Waals surface area (Å²) in [6, 6.07) is 0.661. The largest absolute Gasteiger partial charge is 0.374 e. The zero-order valence-electron chi connectivity index (χ0n) is 11.6. The van der Waals surface area contributed by atoms with Crippen molar-refractivity contribution in [1.29, 1.82) is 0 Å². The van der Waals surface area contributed by atoms with Crippen LogP contribution in [-0.4, -0.2) is 37.0 Å². The smallest absolute Gasteiger partial charge is 0.0817 e. The Hall–Kier alpha value is -0.120.